The van der Waals surface area contributed by atoms with Crippen molar-refractivity contribution in [3.63, 3.8) is 0 Å². The fourth-order valence-electron chi connectivity index (χ4n) is 3.17. The lowest BCUT2D eigenvalue weighted by Crippen LogP contribution is -2.10. The van der Waals surface area contributed by atoms with Crippen LogP contribution in [0, 0.1) is 18.6 Å². The number of fused-ring (bicyclic) bond motifs is 1. The third-order valence-corrected chi connectivity index (χ3v) is 6.58. The first-order valence-electron chi connectivity index (χ1n) is 9.23. The Morgan fingerprint density at radius 3 is 2.27 bits per heavy atom. The molecule has 152 valence electrons. The molecule has 0 amide bonds. The van der Waals surface area contributed by atoms with Crippen molar-refractivity contribution in [1.82, 2.24) is 4.98 Å². The van der Waals surface area contributed by atoms with Crippen LogP contribution in [0.4, 0.5) is 14.5 Å². The lowest BCUT2D eigenvalue weighted by Gasteiger charge is -2.15. The highest BCUT2D eigenvalue weighted by Gasteiger charge is 2.24. The van der Waals surface area contributed by atoms with Crippen molar-refractivity contribution in [2.24, 2.45) is 0 Å². The van der Waals surface area contributed by atoms with Crippen LogP contribution in [0.5, 0.6) is 0 Å². The molecule has 3 aromatic carbocycles. The summed E-state index contributed by atoms with van der Waals surface area (Å²) in [5.74, 6) is -0.864. The van der Waals surface area contributed by atoms with Crippen molar-refractivity contribution in [1.29, 1.82) is 0 Å². The summed E-state index contributed by atoms with van der Waals surface area (Å²) >= 11 is 0. The van der Waals surface area contributed by atoms with E-state index in [1.54, 1.807) is 24.3 Å². The highest BCUT2D eigenvalue weighted by molar-refractivity contribution is 7.91. The summed E-state index contributed by atoms with van der Waals surface area (Å²) in [7, 11) is -3.91. The number of halogens is 2. The second-order valence-corrected chi connectivity index (χ2v) is 8.87. The number of nitrogens with one attached hydrogen (secondary N) is 1. The van der Waals surface area contributed by atoms with E-state index in [1.807, 2.05) is 6.92 Å². The Hall–Kier alpha value is -3.32. The Kier molecular flexibility index (Phi) is 5.22. The summed E-state index contributed by atoms with van der Waals surface area (Å²) in [6.45, 7) is 2.10. The number of sulfone groups is 1. The minimum atomic E-state index is -3.91. The number of aryl methyl sites for hydroxylation is 1. The number of hydrogen-bond donors (Lipinski definition) is 1. The molecule has 0 aliphatic heterocycles. The Bertz CT molecular complexity index is 1320. The van der Waals surface area contributed by atoms with Crippen LogP contribution in [0.25, 0.3) is 10.9 Å². The zero-order chi connectivity index (χ0) is 21.3. The predicted octanol–water partition coefficient (Wildman–Crippen LogP) is 5.27. The van der Waals surface area contributed by atoms with Crippen LogP contribution in [-0.4, -0.2) is 13.4 Å². The van der Waals surface area contributed by atoms with Gasteiger partial charge >= 0.3 is 0 Å². The summed E-state index contributed by atoms with van der Waals surface area (Å²) in [6, 6.07) is 16.4. The van der Waals surface area contributed by atoms with Gasteiger partial charge in [0, 0.05) is 18.1 Å². The molecule has 0 aliphatic carbocycles. The van der Waals surface area contributed by atoms with Crippen LogP contribution in [0.15, 0.2) is 82.7 Å². The zero-order valence-corrected chi connectivity index (χ0v) is 16.9. The van der Waals surface area contributed by atoms with Crippen molar-refractivity contribution in [3.05, 3.63) is 95.7 Å². The molecule has 0 atom stereocenters. The topological polar surface area (TPSA) is 59.1 Å². The SMILES string of the molecule is Cc1ccc(S(=O)(=O)c2cnc3ccc(F)cc3c2NCc2ccc(F)cc2)cc1. The third-order valence-electron chi connectivity index (χ3n) is 4.80. The molecular formula is C23H18F2N2O2S. The van der Waals surface area contributed by atoms with Crippen molar-refractivity contribution >= 4 is 26.4 Å². The quantitative estimate of drug-likeness (QED) is 0.474. The molecule has 1 N–H and O–H groups in total. The Morgan fingerprint density at radius 1 is 0.900 bits per heavy atom. The van der Waals surface area contributed by atoms with Gasteiger partial charge in [-0.3, -0.25) is 4.98 Å². The minimum absolute atomic E-state index is 0.0495. The number of pyridine rings is 1. The Morgan fingerprint density at radius 2 is 1.57 bits per heavy atom. The number of rotatable bonds is 5. The number of anilines is 1. The van der Waals surface area contributed by atoms with Gasteiger partial charge < -0.3 is 5.32 Å². The van der Waals surface area contributed by atoms with Gasteiger partial charge in [-0.2, -0.15) is 0 Å². The van der Waals surface area contributed by atoms with Crippen LogP contribution in [-0.2, 0) is 16.4 Å². The first-order valence-corrected chi connectivity index (χ1v) is 10.7. The maximum atomic E-state index is 14.0. The van der Waals surface area contributed by atoms with Crippen molar-refractivity contribution in [3.8, 4) is 0 Å². The van der Waals surface area contributed by atoms with Gasteiger partial charge in [-0.1, -0.05) is 29.8 Å². The van der Waals surface area contributed by atoms with Gasteiger partial charge in [-0.15, -0.1) is 0 Å². The average molecular weight is 424 g/mol. The summed E-state index contributed by atoms with van der Waals surface area (Å²) in [5, 5.41) is 3.45. The Balaban J connectivity index is 1.85. The standard InChI is InChI=1S/C23H18F2N2O2S/c1-15-2-9-19(10-3-15)30(28,29)22-14-26-21-11-8-18(25)12-20(21)23(22)27-13-16-4-6-17(24)7-5-16/h2-12,14H,13H2,1H3,(H,26,27). The van der Waals surface area contributed by atoms with E-state index in [9.17, 15) is 17.2 Å². The highest BCUT2D eigenvalue weighted by atomic mass is 32.2. The Labute approximate surface area is 173 Å². The highest BCUT2D eigenvalue weighted by Crippen LogP contribution is 2.34. The lowest BCUT2D eigenvalue weighted by molar-refractivity contribution is 0.596. The normalized spacial score (nSPS) is 11.6. The maximum Gasteiger partial charge on any atom is 0.210 e. The van der Waals surface area contributed by atoms with E-state index in [-0.39, 0.29) is 27.8 Å². The molecule has 0 saturated heterocycles. The first kappa shape index (κ1) is 20.0. The molecule has 30 heavy (non-hydrogen) atoms. The molecule has 0 aliphatic rings. The van der Waals surface area contributed by atoms with Gasteiger partial charge in [0.05, 0.1) is 16.1 Å². The summed E-state index contributed by atoms with van der Waals surface area (Å²) in [5.41, 5.74) is 2.39. The number of hydrogen-bond acceptors (Lipinski definition) is 4. The van der Waals surface area contributed by atoms with E-state index in [0.717, 1.165) is 11.1 Å². The van der Waals surface area contributed by atoms with Gasteiger partial charge in [-0.05, 0) is 55.0 Å². The summed E-state index contributed by atoms with van der Waals surface area (Å²) < 4.78 is 53.8. The molecule has 0 radical (unpaired) electrons. The molecule has 0 spiro atoms. The smallest absolute Gasteiger partial charge is 0.210 e. The summed E-state index contributed by atoms with van der Waals surface area (Å²) in [4.78, 5) is 4.29. The molecule has 0 bridgehead atoms. The van der Waals surface area contributed by atoms with Crippen LogP contribution < -0.4 is 5.32 Å². The molecule has 4 rings (SSSR count). The van der Waals surface area contributed by atoms with Crippen LogP contribution in [0.2, 0.25) is 0 Å². The van der Waals surface area contributed by atoms with Gasteiger partial charge in [0.15, 0.2) is 0 Å². The van der Waals surface area contributed by atoms with E-state index in [0.29, 0.717) is 10.9 Å². The van der Waals surface area contributed by atoms with E-state index >= 15 is 0 Å². The molecule has 4 nitrogen and oxygen atoms in total. The van der Waals surface area contributed by atoms with Crippen LogP contribution >= 0.6 is 0 Å². The number of nitrogens with zero attached hydrogens (tertiary/aromatic N) is 1. The van der Waals surface area contributed by atoms with Gasteiger partial charge in [-0.25, -0.2) is 17.2 Å². The molecule has 7 heteroatoms. The second-order valence-electron chi connectivity index (χ2n) is 6.96. The van der Waals surface area contributed by atoms with Gasteiger partial charge in [0.2, 0.25) is 9.84 Å². The first-order chi connectivity index (χ1) is 14.3. The summed E-state index contributed by atoms with van der Waals surface area (Å²) in [6.07, 6.45) is 1.28. The van der Waals surface area contributed by atoms with Crippen molar-refractivity contribution < 1.29 is 17.2 Å². The largest absolute Gasteiger partial charge is 0.379 e. The van der Waals surface area contributed by atoms with E-state index in [4.69, 9.17) is 0 Å². The maximum absolute atomic E-state index is 14.0. The number of aromatic nitrogens is 1. The monoisotopic (exact) mass is 424 g/mol. The van der Waals surface area contributed by atoms with Gasteiger partial charge in [0.25, 0.3) is 0 Å². The lowest BCUT2D eigenvalue weighted by atomic mass is 10.1. The molecule has 1 heterocycles. The van der Waals surface area contributed by atoms with Crippen LogP contribution in [0.1, 0.15) is 11.1 Å². The molecular weight excluding hydrogens is 406 g/mol. The molecule has 0 saturated carbocycles. The second kappa shape index (κ2) is 7.84. The third kappa shape index (κ3) is 3.89. The fourth-order valence-corrected chi connectivity index (χ4v) is 4.56. The van der Waals surface area contributed by atoms with E-state index < -0.39 is 15.7 Å². The molecule has 0 fully saturated rings. The van der Waals surface area contributed by atoms with E-state index in [1.165, 1.54) is 48.7 Å². The van der Waals surface area contributed by atoms with Crippen LogP contribution in [0.3, 0.4) is 0 Å². The predicted molar refractivity (Wildman–Crippen MR) is 112 cm³/mol. The van der Waals surface area contributed by atoms with Gasteiger partial charge in [0.1, 0.15) is 16.5 Å². The fraction of sp³-hybridized carbons (Fsp3) is 0.0870. The average Bonchev–Trinajstić information content (AvgIpc) is 2.73. The van der Waals surface area contributed by atoms with E-state index in [2.05, 4.69) is 10.3 Å². The molecule has 4 aromatic rings. The zero-order valence-electron chi connectivity index (χ0n) is 16.1. The number of benzene rings is 3. The minimum Gasteiger partial charge on any atom is -0.379 e. The van der Waals surface area contributed by atoms with Crippen molar-refractivity contribution in [2.45, 2.75) is 23.3 Å². The molecule has 1 aromatic heterocycles. The van der Waals surface area contributed by atoms with Crippen molar-refractivity contribution in [2.75, 3.05) is 5.32 Å². The molecule has 0 unspecified atom stereocenters.